The van der Waals surface area contributed by atoms with Crippen LogP contribution in [0, 0.1) is 12.7 Å². The molecule has 12 nitrogen and oxygen atoms in total. The summed E-state index contributed by atoms with van der Waals surface area (Å²) in [5.74, 6) is 1.30. The van der Waals surface area contributed by atoms with Crippen molar-refractivity contribution in [3.8, 4) is 11.5 Å². The third-order valence-electron chi connectivity index (χ3n) is 7.08. The monoisotopic (exact) mass is 585 g/mol. The van der Waals surface area contributed by atoms with Gasteiger partial charge in [-0.1, -0.05) is 5.21 Å². The van der Waals surface area contributed by atoms with Gasteiger partial charge in [-0.05, 0) is 63.6 Å². The molecule has 1 amide bonds. The van der Waals surface area contributed by atoms with E-state index in [2.05, 4.69) is 30.6 Å². The van der Waals surface area contributed by atoms with Gasteiger partial charge in [-0.25, -0.2) is 28.8 Å². The predicted octanol–water partition coefficient (Wildman–Crippen LogP) is 5.35. The fourth-order valence-corrected chi connectivity index (χ4v) is 4.94. The molecule has 3 aromatic heterocycles. The van der Waals surface area contributed by atoms with Crippen molar-refractivity contribution in [2.45, 2.75) is 33.3 Å². The van der Waals surface area contributed by atoms with E-state index in [0.717, 1.165) is 16.6 Å². The molecule has 0 aliphatic carbocycles. The molecule has 0 radical (unpaired) electrons. The third-order valence-corrected chi connectivity index (χ3v) is 7.08. The molecule has 0 saturated carbocycles. The highest BCUT2D eigenvalue weighted by molar-refractivity contribution is 5.92. The molecule has 4 heterocycles. The number of aromatic nitrogens is 6. The first-order chi connectivity index (χ1) is 20.6. The minimum Gasteiger partial charge on any atom is -0.457 e. The first-order valence-corrected chi connectivity index (χ1v) is 13.9. The second kappa shape index (κ2) is 11.0. The first kappa shape index (κ1) is 28.1. The average Bonchev–Trinajstić information content (AvgIpc) is 3.33. The van der Waals surface area contributed by atoms with Crippen molar-refractivity contribution in [3.63, 3.8) is 0 Å². The predicted molar refractivity (Wildman–Crippen MR) is 160 cm³/mol. The summed E-state index contributed by atoms with van der Waals surface area (Å²) < 4.78 is 29.3. The first-order valence-electron chi connectivity index (χ1n) is 13.9. The molecule has 13 heteroatoms. The van der Waals surface area contributed by atoms with Gasteiger partial charge in [0.15, 0.2) is 11.6 Å². The highest BCUT2D eigenvalue weighted by Crippen LogP contribution is 2.33. The minimum absolute atomic E-state index is 0.189. The van der Waals surface area contributed by atoms with E-state index >= 15 is 4.39 Å². The average molecular weight is 586 g/mol. The van der Waals surface area contributed by atoms with Gasteiger partial charge in [-0.15, -0.1) is 5.10 Å². The van der Waals surface area contributed by atoms with E-state index in [9.17, 15) is 4.79 Å². The van der Waals surface area contributed by atoms with Crippen molar-refractivity contribution in [2.75, 3.05) is 36.4 Å². The largest absolute Gasteiger partial charge is 0.457 e. The van der Waals surface area contributed by atoms with Crippen LogP contribution in [0.2, 0.25) is 0 Å². The number of hydrogen-bond acceptors (Lipinski definition) is 10. The van der Waals surface area contributed by atoms with Crippen LogP contribution in [0.25, 0.3) is 21.9 Å². The van der Waals surface area contributed by atoms with Crippen molar-refractivity contribution >= 4 is 45.4 Å². The summed E-state index contributed by atoms with van der Waals surface area (Å²) in [7, 11) is 1.84. The Hall–Kier alpha value is -5.07. The number of pyridine rings is 1. The zero-order chi connectivity index (χ0) is 30.3. The summed E-state index contributed by atoms with van der Waals surface area (Å²) >= 11 is 0. The van der Waals surface area contributed by atoms with Crippen LogP contribution < -0.4 is 15.0 Å². The van der Waals surface area contributed by atoms with Gasteiger partial charge in [0, 0.05) is 45.0 Å². The lowest BCUT2D eigenvalue weighted by Gasteiger charge is -2.36. The van der Waals surface area contributed by atoms with Gasteiger partial charge < -0.3 is 24.6 Å². The summed E-state index contributed by atoms with van der Waals surface area (Å²) in [6, 6.07) is 11.2. The van der Waals surface area contributed by atoms with Crippen LogP contribution in [0.3, 0.4) is 0 Å². The van der Waals surface area contributed by atoms with Crippen LogP contribution >= 0.6 is 0 Å². The van der Waals surface area contributed by atoms with Gasteiger partial charge in [-0.3, -0.25) is 0 Å². The molecule has 1 aliphatic rings. The van der Waals surface area contributed by atoms with Gasteiger partial charge in [0.2, 0.25) is 0 Å². The van der Waals surface area contributed by atoms with E-state index < -0.39 is 11.4 Å². The molecule has 5 aromatic rings. The van der Waals surface area contributed by atoms with Crippen LogP contribution in [-0.2, 0) is 11.8 Å². The Morgan fingerprint density at radius 1 is 1.00 bits per heavy atom. The molecule has 0 spiro atoms. The zero-order valence-corrected chi connectivity index (χ0v) is 24.6. The SMILES string of the molecule is Cc1cc(Nc2ncnc3cnc(N4CCN(C(=O)OC(C)(C)C)CC4)c(F)c23)ccc1Oc1ccc2c(c1)nnn2C. The van der Waals surface area contributed by atoms with Gasteiger partial charge >= 0.3 is 6.09 Å². The van der Waals surface area contributed by atoms with Crippen molar-refractivity contribution in [3.05, 3.63) is 60.3 Å². The Morgan fingerprint density at radius 2 is 1.79 bits per heavy atom. The molecule has 2 aromatic carbocycles. The van der Waals surface area contributed by atoms with Crippen LogP contribution in [0.5, 0.6) is 11.5 Å². The number of fused-ring (bicyclic) bond motifs is 2. The second-order valence-corrected chi connectivity index (χ2v) is 11.4. The molecular weight excluding hydrogens is 553 g/mol. The number of nitrogens with zero attached hydrogens (tertiary/aromatic N) is 8. The van der Waals surface area contributed by atoms with E-state index in [-0.39, 0.29) is 17.3 Å². The van der Waals surface area contributed by atoms with Crippen LogP contribution in [0.1, 0.15) is 26.3 Å². The molecular formula is C30H32FN9O3. The fraction of sp³-hybridized carbons (Fsp3) is 0.333. The van der Waals surface area contributed by atoms with Gasteiger partial charge in [0.1, 0.15) is 34.8 Å². The van der Waals surface area contributed by atoms with Crippen molar-refractivity contribution in [1.29, 1.82) is 0 Å². The van der Waals surface area contributed by atoms with E-state index in [0.29, 0.717) is 54.7 Å². The Labute approximate surface area is 247 Å². The lowest BCUT2D eigenvalue weighted by Crippen LogP contribution is -2.50. The number of rotatable bonds is 5. The number of carbonyl (C=O) groups excluding carboxylic acids is 1. The molecule has 0 atom stereocenters. The number of nitrogens with one attached hydrogen (secondary N) is 1. The summed E-state index contributed by atoms with van der Waals surface area (Å²) in [5, 5.41) is 11.6. The number of amides is 1. The Balaban J connectivity index is 1.20. The molecule has 1 aliphatic heterocycles. The zero-order valence-electron chi connectivity index (χ0n) is 24.6. The van der Waals surface area contributed by atoms with E-state index in [1.54, 1.807) is 9.58 Å². The summed E-state index contributed by atoms with van der Waals surface area (Å²) in [5.41, 5.74) is 3.03. The van der Waals surface area contributed by atoms with Crippen LogP contribution in [0.4, 0.5) is 26.5 Å². The number of halogens is 1. The highest BCUT2D eigenvalue weighted by atomic mass is 19.1. The fourth-order valence-electron chi connectivity index (χ4n) is 4.94. The van der Waals surface area contributed by atoms with Crippen molar-refractivity contribution < 1.29 is 18.7 Å². The van der Waals surface area contributed by atoms with Gasteiger partial charge in [0.25, 0.3) is 0 Å². The highest BCUT2D eigenvalue weighted by Gasteiger charge is 2.28. The molecule has 0 bridgehead atoms. The molecule has 0 unspecified atom stereocenters. The molecule has 222 valence electrons. The van der Waals surface area contributed by atoms with Crippen molar-refractivity contribution in [1.82, 2.24) is 34.8 Å². The molecule has 1 saturated heterocycles. The second-order valence-electron chi connectivity index (χ2n) is 11.4. The molecule has 6 rings (SSSR count). The number of benzene rings is 2. The number of carbonyl (C=O) groups is 1. The molecule has 1 fully saturated rings. The summed E-state index contributed by atoms with van der Waals surface area (Å²) in [6.07, 6.45) is 2.53. The maximum atomic E-state index is 16.0. The van der Waals surface area contributed by atoms with E-state index in [4.69, 9.17) is 9.47 Å². The number of aryl methyl sites for hydroxylation is 2. The third kappa shape index (κ3) is 5.83. The van der Waals surface area contributed by atoms with Gasteiger partial charge in [0.05, 0.1) is 22.6 Å². The lowest BCUT2D eigenvalue weighted by atomic mass is 10.2. The maximum Gasteiger partial charge on any atom is 0.410 e. The van der Waals surface area contributed by atoms with E-state index in [1.165, 1.54) is 12.5 Å². The maximum absolute atomic E-state index is 16.0. The summed E-state index contributed by atoms with van der Waals surface area (Å²) in [4.78, 5) is 28.8. The standard InChI is InChI=1S/C30H32FN9O3/c1-18-14-19(6-9-24(18)42-20-7-8-23-21(15-20)36-37-38(23)5)35-27-25-22(33-17-34-27)16-32-28(26(25)31)39-10-12-40(13-11-39)29(41)43-30(2,3)4/h6-9,14-17H,10-13H2,1-5H3,(H,33,34,35). The van der Waals surface area contributed by atoms with Crippen LogP contribution in [-0.4, -0.2) is 72.7 Å². The Kier molecular flexibility index (Phi) is 7.16. The van der Waals surface area contributed by atoms with Gasteiger partial charge in [-0.2, -0.15) is 0 Å². The lowest BCUT2D eigenvalue weighted by molar-refractivity contribution is 0.0240. The quantitative estimate of drug-likeness (QED) is 0.289. The number of piperazine rings is 1. The molecule has 1 N–H and O–H groups in total. The minimum atomic E-state index is -0.581. The van der Waals surface area contributed by atoms with E-state index in [1.807, 2.05) is 76.0 Å². The molecule has 43 heavy (non-hydrogen) atoms. The topological polar surface area (TPSA) is 123 Å². The number of anilines is 3. The smallest absolute Gasteiger partial charge is 0.410 e. The Morgan fingerprint density at radius 3 is 2.53 bits per heavy atom. The number of hydrogen-bond donors (Lipinski definition) is 1. The Bertz CT molecular complexity index is 1830. The normalized spacial score (nSPS) is 13.9. The van der Waals surface area contributed by atoms with Crippen LogP contribution in [0.15, 0.2) is 48.9 Å². The summed E-state index contributed by atoms with van der Waals surface area (Å²) in [6.45, 7) is 9.03. The number of ether oxygens (including phenoxy) is 2. The van der Waals surface area contributed by atoms with Crippen molar-refractivity contribution in [2.24, 2.45) is 7.05 Å².